The number of anilines is 1. The first kappa shape index (κ1) is 12.8. The van der Waals surface area contributed by atoms with Crippen LogP contribution in [0.3, 0.4) is 0 Å². The van der Waals surface area contributed by atoms with Gasteiger partial charge in [0.2, 0.25) is 5.79 Å². The van der Waals surface area contributed by atoms with E-state index >= 15 is 0 Å². The highest BCUT2D eigenvalue weighted by Gasteiger charge is 2.45. The monoisotopic (exact) mass is 255 g/mol. The number of halogens is 1. The molecule has 1 fully saturated rings. The second-order valence-electron chi connectivity index (χ2n) is 4.11. The Hall–Kier alpha value is -1.66. The molecule has 18 heavy (non-hydrogen) atoms. The van der Waals surface area contributed by atoms with E-state index in [0.717, 1.165) is 6.07 Å². The van der Waals surface area contributed by atoms with Crippen LogP contribution in [0, 0.1) is 5.82 Å². The van der Waals surface area contributed by atoms with Crippen LogP contribution in [0.4, 0.5) is 10.1 Å². The van der Waals surface area contributed by atoms with Crippen molar-refractivity contribution >= 4 is 11.7 Å². The fourth-order valence-electron chi connectivity index (χ4n) is 2.04. The molecule has 0 aliphatic carbocycles. The Bertz CT molecular complexity index is 465. The fraction of sp³-hybridized carbons (Fsp3) is 0.417. The van der Waals surface area contributed by atoms with Gasteiger partial charge in [-0.25, -0.2) is 9.18 Å². The summed E-state index contributed by atoms with van der Waals surface area (Å²) in [5.41, 5.74) is 0.0190. The van der Waals surface area contributed by atoms with Crippen LogP contribution in [0.25, 0.3) is 0 Å². The lowest BCUT2D eigenvalue weighted by Crippen LogP contribution is -2.64. The standard InChI is InChI=1S/C12H14FNO4/c1-17-12(18-2)6-14(7-12)9-5-3-4-8(13)10(9)11(15)16/h3-5H,6-7H2,1-2H3,(H,15,16). The van der Waals surface area contributed by atoms with Gasteiger partial charge in [0.25, 0.3) is 0 Å². The summed E-state index contributed by atoms with van der Waals surface area (Å²) in [4.78, 5) is 12.8. The molecule has 1 aromatic rings. The van der Waals surface area contributed by atoms with E-state index in [4.69, 9.17) is 14.6 Å². The predicted molar refractivity (Wildman–Crippen MR) is 62.3 cm³/mol. The second kappa shape index (κ2) is 4.55. The first-order chi connectivity index (χ1) is 8.53. The smallest absolute Gasteiger partial charge is 0.340 e. The average Bonchev–Trinajstić information content (AvgIpc) is 2.28. The van der Waals surface area contributed by atoms with Crippen molar-refractivity contribution in [1.29, 1.82) is 0 Å². The van der Waals surface area contributed by atoms with Gasteiger partial charge in [0.15, 0.2) is 0 Å². The molecule has 1 aliphatic heterocycles. The van der Waals surface area contributed by atoms with E-state index in [1.807, 2.05) is 0 Å². The zero-order valence-electron chi connectivity index (χ0n) is 10.1. The van der Waals surface area contributed by atoms with Gasteiger partial charge in [-0.1, -0.05) is 6.07 Å². The summed E-state index contributed by atoms with van der Waals surface area (Å²) in [6, 6.07) is 4.19. The Morgan fingerprint density at radius 3 is 2.50 bits per heavy atom. The first-order valence-corrected chi connectivity index (χ1v) is 5.40. The molecule has 1 aromatic carbocycles. The Morgan fingerprint density at radius 1 is 1.39 bits per heavy atom. The second-order valence-corrected chi connectivity index (χ2v) is 4.11. The molecule has 1 saturated heterocycles. The molecule has 1 heterocycles. The Morgan fingerprint density at radius 2 is 2.00 bits per heavy atom. The van der Waals surface area contributed by atoms with Gasteiger partial charge in [0.05, 0.1) is 18.8 Å². The molecule has 0 saturated carbocycles. The first-order valence-electron chi connectivity index (χ1n) is 5.40. The van der Waals surface area contributed by atoms with E-state index in [1.165, 1.54) is 20.3 Å². The van der Waals surface area contributed by atoms with Crippen LogP contribution >= 0.6 is 0 Å². The maximum Gasteiger partial charge on any atom is 0.340 e. The lowest BCUT2D eigenvalue weighted by Gasteiger charge is -2.49. The van der Waals surface area contributed by atoms with E-state index in [1.54, 1.807) is 11.0 Å². The number of methoxy groups -OCH3 is 2. The minimum atomic E-state index is -1.28. The van der Waals surface area contributed by atoms with Crippen molar-refractivity contribution in [3.8, 4) is 0 Å². The third-order valence-electron chi connectivity index (χ3n) is 3.15. The predicted octanol–water partition coefficient (Wildman–Crippen LogP) is 1.33. The van der Waals surface area contributed by atoms with Crippen molar-refractivity contribution in [1.82, 2.24) is 0 Å². The Balaban J connectivity index is 2.27. The van der Waals surface area contributed by atoms with Gasteiger partial charge >= 0.3 is 5.97 Å². The summed E-state index contributed by atoms with van der Waals surface area (Å²) in [6.45, 7) is 0.730. The van der Waals surface area contributed by atoms with Gasteiger partial charge in [-0.15, -0.1) is 0 Å². The van der Waals surface area contributed by atoms with Crippen LogP contribution in [0.5, 0.6) is 0 Å². The topological polar surface area (TPSA) is 59.0 Å². The van der Waals surface area contributed by atoms with E-state index in [9.17, 15) is 9.18 Å². The van der Waals surface area contributed by atoms with Gasteiger partial charge in [-0.2, -0.15) is 0 Å². The van der Waals surface area contributed by atoms with E-state index in [2.05, 4.69) is 0 Å². The quantitative estimate of drug-likeness (QED) is 0.822. The Kier molecular flexibility index (Phi) is 3.23. The lowest BCUT2D eigenvalue weighted by molar-refractivity contribution is -0.219. The average molecular weight is 255 g/mol. The van der Waals surface area contributed by atoms with Crippen molar-refractivity contribution in [2.75, 3.05) is 32.2 Å². The third-order valence-corrected chi connectivity index (χ3v) is 3.15. The van der Waals surface area contributed by atoms with E-state index in [-0.39, 0.29) is 5.56 Å². The zero-order valence-corrected chi connectivity index (χ0v) is 10.1. The zero-order chi connectivity index (χ0) is 13.3. The molecular formula is C12H14FNO4. The summed E-state index contributed by atoms with van der Waals surface area (Å²) in [5.74, 6) is -2.76. The van der Waals surface area contributed by atoms with Crippen molar-refractivity contribution < 1.29 is 23.8 Å². The molecule has 1 N–H and O–H groups in total. The molecule has 0 unspecified atom stereocenters. The fourth-order valence-corrected chi connectivity index (χ4v) is 2.04. The highest BCUT2D eigenvalue weighted by molar-refractivity contribution is 5.95. The molecule has 2 rings (SSSR count). The molecule has 0 bridgehead atoms. The summed E-state index contributed by atoms with van der Waals surface area (Å²) < 4.78 is 23.9. The lowest BCUT2D eigenvalue weighted by atomic mass is 10.0. The number of carboxylic acids is 1. The molecule has 0 spiro atoms. The van der Waals surface area contributed by atoms with Crippen molar-refractivity contribution in [2.24, 2.45) is 0 Å². The molecule has 0 aromatic heterocycles. The van der Waals surface area contributed by atoms with Crippen molar-refractivity contribution in [2.45, 2.75) is 5.79 Å². The number of hydrogen-bond acceptors (Lipinski definition) is 4. The largest absolute Gasteiger partial charge is 0.478 e. The summed E-state index contributed by atoms with van der Waals surface area (Å²) in [7, 11) is 3.04. The number of aromatic carboxylic acids is 1. The highest BCUT2D eigenvalue weighted by Crippen LogP contribution is 2.33. The molecule has 0 radical (unpaired) electrons. The number of rotatable bonds is 4. The molecule has 1 aliphatic rings. The van der Waals surface area contributed by atoms with Crippen LogP contribution in [-0.4, -0.2) is 44.2 Å². The number of carboxylic acid groups (broad SMARTS) is 1. The van der Waals surface area contributed by atoms with E-state index < -0.39 is 17.6 Å². The number of benzene rings is 1. The molecule has 0 amide bonds. The van der Waals surface area contributed by atoms with Crippen LogP contribution in [0.2, 0.25) is 0 Å². The Labute approximate surface area is 104 Å². The van der Waals surface area contributed by atoms with Gasteiger partial charge < -0.3 is 19.5 Å². The minimum Gasteiger partial charge on any atom is -0.478 e. The number of hydrogen-bond donors (Lipinski definition) is 1. The van der Waals surface area contributed by atoms with Crippen LogP contribution < -0.4 is 4.90 Å². The normalized spacial score (nSPS) is 17.4. The summed E-state index contributed by atoms with van der Waals surface area (Å²) in [5, 5.41) is 9.03. The van der Waals surface area contributed by atoms with Crippen molar-refractivity contribution in [3.05, 3.63) is 29.6 Å². The van der Waals surface area contributed by atoms with Crippen molar-refractivity contribution in [3.63, 3.8) is 0 Å². The number of carbonyl (C=O) groups is 1. The minimum absolute atomic E-state index is 0.321. The van der Waals surface area contributed by atoms with Gasteiger partial charge in [0.1, 0.15) is 11.4 Å². The SMILES string of the molecule is COC1(OC)CN(c2cccc(F)c2C(=O)O)C1. The molecular weight excluding hydrogens is 241 g/mol. The summed E-state index contributed by atoms with van der Waals surface area (Å²) in [6.07, 6.45) is 0. The third kappa shape index (κ3) is 1.93. The van der Waals surface area contributed by atoms with Gasteiger partial charge in [-0.05, 0) is 12.1 Å². The van der Waals surface area contributed by atoms with Crippen LogP contribution in [0.15, 0.2) is 18.2 Å². The molecule has 0 atom stereocenters. The summed E-state index contributed by atoms with van der Waals surface area (Å²) >= 11 is 0. The molecule has 5 nitrogen and oxygen atoms in total. The van der Waals surface area contributed by atoms with E-state index in [0.29, 0.717) is 18.8 Å². The maximum absolute atomic E-state index is 13.5. The highest BCUT2D eigenvalue weighted by atomic mass is 19.1. The molecule has 6 heteroatoms. The van der Waals surface area contributed by atoms with Crippen LogP contribution in [-0.2, 0) is 9.47 Å². The van der Waals surface area contributed by atoms with Gasteiger partial charge in [-0.3, -0.25) is 0 Å². The number of ether oxygens (including phenoxy) is 2. The van der Waals surface area contributed by atoms with Gasteiger partial charge in [0, 0.05) is 14.2 Å². The van der Waals surface area contributed by atoms with Crippen LogP contribution in [0.1, 0.15) is 10.4 Å². The molecule has 98 valence electrons. The maximum atomic E-state index is 13.5. The number of nitrogens with zero attached hydrogens (tertiary/aromatic N) is 1.